The lowest BCUT2D eigenvalue weighted by atomic mass is 9.92. The summed E-state index contributed by atoms with van der Waals surface area (Å²) < 4.78 is 7.04. The van der Waals surface area contributed by atoms with Gasteiger partial charge in [-0.05, 0) is 43.4 Å². The summed E-state index contributed by atoms with van der Waals surface area (Å²) in [6.45, 7) is 3.43. The van der Waals surface area contributed by atoms with Gasteiger partial charge in [0, 0.05) is 25.1 Å². The predicted molar refractivity (Wildman–Crippen MR) is 119 cm³/mol. The topological polar surface area (TPSA) is 80.2 Å². The zero-order chi connectivity index (χ0) is 21.8. The molecule has 0 spiro atoms. The van der Waals surface area contributed by atoms with Gasteiger partial charge in [-0.3, -0.25) is 4.79 Å². The van der Waals surface area contributed by atoms with Crippen LogP contribution in [-0.2, 0) is 17.6 Å². The molecule has 0 unspecified atom stereocenters. The van der Waals surface area contributed by atoms with Gasteiger partial charge in [0.1, 0.15) is 11.6 Å². The number of aromatic nitrogens is 3. The largest absolute Gasteiger partial charge is 0.496 e. The molecular weight excluding hydrogens is 392 g/mol. The van der Waals surface area contributed by atoms with E-state index in [0.717, 1.165) is 54.3 Å². The highest BCUT2D eigenvalue weighted by Gasteiger charge is 2.25. The SMILES string of the molecule is COc1ccccc1CC(=O)N1CCC(Cc2n[nH]c(=O)n2-c2ccccc2C)CC1. The van der Waals surface area contributed by atoms with Crippen molar-refractivity contribution in [2.24, 2.45) is 5.92 Å². The molecule has 0 saturated carbocycles. The van der Waals surface area contributed by atoms with Crippen LogP contribution in [0.15, 0.2) is 53.3 Å². The highest BCUT2D eigenvalue weighted by molar-refractivity contribution is 5.79. The number of carbonyl (C=O) groups excluding carboxylic acids is 1. The zero-order valence-electron chi connectivity index (χ0n) is 18.0. The number of nitrogens with one attached hydrogen (secondary N) is 1. The van der Waals surface area contributed by atoms with Crippen molar-refractivity contribution in [3.05, 3.63) is 76.0 Å². The number of nitrogens with zero attached hydrogens (tertiary/aromatic N) is 3. The number of benzene rings is 2. The van der Waals surface area contributed by atoms with Crippen LogP contribution in [0.25, 0.3) is 5.69 Å². The Hall–Kier alpha value is -3.35. The van der Waals surface area contributed by atoms with Crippen LogP contribution in [-0.4, -0.2) is 45.8 Å². The third-order valence-electron chi connectivity index (χ3n) is 6.07. The van der Waals surface area contributed by atoms with Gasteiger partial charge < -0.3 is 9.64 Å². The molecule has 7 heteroatoms. The number of piperidine rings is 1. The molecule has 1 aromatic heterocycles. The van der Waals surface area contributed by atoms with E-state index in [4.69, 9.17) is 4.74 Å². The maximum Gasteiger partial charge on any atom is 0.347 e. The van der Waals surface area contributed by atoms with Crippen molar-refractivity contribution in [1.29, 1.82) is 0 Å². The second-order valence-electron chi connectivity index (χ2n) is 8.08. The summed E-state index contributed by atoms with van der Waals surface area (Å²) in [5.41, 5.74) is 2.59. The second kappa shape index (κ2) is 9.20. The van der Waals surface area contributed by atoms with Gasteiger partial charge in [-0.2, -0.15) is 5.10 Å². The summed E-state index contributed by atoms with van der Waals surface area (Å²) in [6, 6.07) is 15.5. The molecule has 3 aromatic rings. The first-order chi connectivity index (χ1) is 15.1. The van der Waals surface area contributed by atoms with Crippen LogP contribution in [0.1, 0.15) is 29.8 Å². The number of aromatic amines is 1. The van der Waals surface area contributed by atoms with Crippen molar-refractivity contribution in [3.63, 3.8) is 0 Å². The normalized spacial score (nSPS) is 14.6. The molecule has 1 amide bonds. The summed E-state index contributed by atoms with van der Waals surface area (Å²) in [5, 5.41) is 6.89. The van der Waals surface area contributed by atoms with Crippen LogP contribution in [0, 0.1) is 12.8 Å². The Bertz CT molecular complexity index is 1110. The molecular formula is C24H28N4O3. The molecule has 0 aliphatic carbocycles. The Labute approximate surface area is 181 Å². The Morgan fingerprint density at radius 3 is 2.58 bits per heavy atom. The third-order valence-corrected chi connectivity index (χ3v) is 6.07. The number of para-hydroxylation sites is 2. The molecule has 162 valence electrons. The lowest BCUT2D eigenvalue weighted by Crippen LogP contribution is -2.40. The van der Waals surface area contributed by atoms with Crippen molar-refractivity contribution < 1.29 is 9.53 Å². The van der Waals surface area contributed by atoms with Gasteiger partial charge in [0.25, 0.3) is 0 Å². The average Bonchev–Trinajstić information content (AvgIpc) is 3.14. The number of carbonyl (C=O) groups is 1. The number of amides is 1. The van der Waals surface area contributed by atoms with E-state index in [1.54, 1.807) is 11.7 Å². The minimum Gasteiger partial charge on any atom is -0.496 e. The fourth-order valence-corrected chi connectivity index (χ4v) is 4.30. The van der Waals surface area contributed by atoms with Gasteiger partial charge in [-0.15, -0.1) is 0 Å². The number of hydrogen-bond donors (Lipinski definition) is 1. The first-order valence-electron chi connectivity index (χ1n) is 10.7. The van der Waals surface area contributed by atoms with Crippen LogP contribution in [0.2, 0.25) is 0 Å². The summed E-state index contributed by atoms with van der Waals surface area (Å²) in [6.07, 6.45) is 2.85. The van der Waals surface area contributed by atoms with Crippen molar-refractivity contribution in [3.8, 4) is 11.4 Å². The molecule has 1 saturated heterocycles. The van der Waals surface area contributed by atoms with Gasteiger partial charge in [0.15, 0.2) is 0 Å². The number of hydrogen-bond acceptors (Lipinski definition) is 4. The van der Waals surface area contributed by atoms with Crippen molar-refractivity contribution >= 4 is 5.91 Å². The highest BCUT2D eigenvalue weighted by atomic mass is 16.5. The predicted octanol–water partition coefficient (Wildman–Crippen LogP) is 2.90. The molecule has 0 atom stereocenters. The van der Waals surface area contributed by atoms with E-state index in [1.807, 2.05) is 60.4 Å². The van der Waals surface area contributed by atoms with Crippen molar-refractivity contribution in [1.82, 2.24) is 19.7 Å². The quantitative estimate of drug-likeness (QED) is 0.665. The van der Waals surface area contributed by atoms with Gasteiger partial charge >= 0.3 is 5.69 Å². The Morgan fingerprint density at radius 1 is 1.13 bits per heavy atom. The number of H-pyrrole nitrogens is 1. The Kier molecular flexibility index (Phi) is 6.21. The minimum absolute atomic E-state index is 0.125. The fraction of sp³-hybridized carbons (Fsp3) is 0.375. The molecule has 31 heavy (non-hydrogen) atoms. The molecule has 1 aliphatic heterocycles. The van der Waals surface area contributed by atoms with E-state index < -0.39 is 0 Å². The summed E-state index contributed by atoms with van der Waals surface area (Å²) in [7, 11) is 1.63. The standard InChI is InChI=1S/C24H28N4O3/c1-17-7-3-5-9-20(17)28-22(25-26-24(28)30)15-18-11-13-27(14-12-18)23(29)16-19-8-4-6-10-21(19)31-2/h3-10,18H,11-16H2,1-2H3,(H,26,30). The average molecular weight is 421 g/mol. The fourth-order valence-electron chi connectivity index (χ4n) is 4.30. The number of likely N-dealkylation sites (tertiary alicyclic amines) is 1. The molecule has 0 radical (unpaired) electrons. The molecule has 1 fully saturated rings. The van der Waals surface area contributed by atoms with E-state index in [2.05, 4.69) is 10.2 Å². The van der Waals surface area contributed by atoms with E-state index in [0.29, 0.717) is 18.8 Å². The van der Waals surface area contributed by atoms with Gasteiger partial charge in [0.2, 0.25) is 5.91 Å². The van der Waals surface area contributed by atoms with Crippen molar-refractivity contribution in [2.75, 3.05) is 20.2 Å². The van der Waals surface area contributed by atoms with Gasteiger partial charge in [-0.1, -0.05) is 36.4 Å². The number of aryl methyl sites for hydroxylation is 1. The van der Waals surface area contributed by atoms with Crippen LogP contribution < -0.4 is 10.4 Å². The van der Waals surface area contributed by atoms with Gasteiger partial charge in [0.05, 0.1) is 19.2 Å². The first kappa shape index (κ1) is 20.9. The van der Waals surface area contributed by atoms with Crippen LogP contribution in [0.5, 0.6) is 5.75 Å². The maximum absolute atomic E-state index is 12.8. The van der Waals surface area contributed by atoms with E-state index in [-0.39, 0.29) is 11.6 Å². The molecule has 4 rings (SSSR count). The van der Waals surface area contributed by atoms with Crippen LogP contribution in [0.4, 0.5) is 0 Å². The lowest BCUT2D eigenvalue weighted by molar-refractivity contribution is -0.131. The smallest absolute Gasteiger partial charge is 0.347 e. The first-order valence-corrected chi connectivity index (χ1v) is 10.7. The summed E-state index contributed by atoms with van der Waals surface area (Å²) in [5.74, 6) is 2.00. The molecule has 1 N–H and O–H groups in total. The van der Waals surface area contributed by atoms with E-state index in [1.165, 1.54) is 0 Å². The van der Waals surface area contributed by atoms with E-state index in [9.17, 15) is 9.59 Å². The molecule has 7 nitrogen and oxygen atoms in total. The number of methoxy groups -OCH3 is 1. The number of ether oxygens (including phenoxy) is 1. The summed E-state index contributed by atoms with van der Waals surface area (Å²) in [4.78, 5) is 27.1. The second-order valence-corrected chi connectivity index (χ2v) is 8.08. The van der Waals surface area contributed by atoms with Crippen molar-refractivity contribution in [2.45, 2.75) is 32.6 Å². The zero-order valence-corrected chi connectivity index (χ0v) is 18.0. The molecule has 2 heterocycles. The minimum atomic E-state index is -0.214. The molecule has 1 aliphatic rings. The van der Waals surface area contributed by atoms with Crippen LogP contribution >= 0.6 is 0 Å². The summed E-state index contributed by atoms with van der Waals surface area (Å²) >= 11 is 0. The Morgan fingerprint density at radius 2 is 1.84 bits per heavy atom. The highest BCUT2D eigenvalue weighted by Crippen LogP contribution is 2.24. The lowest BCUT2D eigenvalue weighted by Gasteiger charge is -2.32. The molecule has 0 bridgehead atoms. The maximum atomic E-state index is 12.8. The monoisotopic (exact) mass is 420 g/mol. The Balaban J connectivity index is 1.39. The number of rotatable bonds is 6. The van der Waals surface area contributed by atoms with Gasteiger partial charge in [-0.25, -0.2) is 14.5 Å². The third kappa shape index (κ3) is 4.55. The molecule has 2 aromatic carbocycles. The van der Waals surface area contributed by atoms with Crippen LogP contribution in [0.3, 0.4) is 0 Å². The van der Waals surface area contributed by atoms with E-state index >= 15 is 0 Å².